The number of piperidine rings is 1. The van der Waals surface area contributed by atoms with Gasteiger partial charge in [-0.25, -0.2) is 4.98 Å². The smallest absolute Gasteiger partial charge is 0.251 e. The van der Waals surface area contributed by atoms with Crippen LogP contribution in [0.4, 0.5) is 28.8 Å². The van der Waals surface area contributed by atoms with Gasteiger partial charge in [-0.05, 0) is 63.3 Å². The third kappa shape index (κ3) is 5.64. The molecule has 1 saturated heterocycles. The summed E-state index contributed by atoms with van der Waals surface area (Å²) in [5, 5.41) is 9.23. The van der Waals surface area contributed by atoms with Crippen LogP contribution in [0.15, 0.2) is 54.7 Å². The molecule has 0 atom stereocenters. The lowest BCUT2D eigenvalue weighted by atomic mass is 10.0. The van der Waals surface area contributed by atoms with Gasteiger partial charge in [0.05, 0.1) is 19.0 Å². The zero-order valence-electron chi connectivity index (χ0n) is 21.0. The Morgan fingerprint density at radius 1 is 1.11 bits per heavy atom. The lowest BCUT2D eigenvalue weighted by molar-refractivity contribution is -0.115. The van der Waals surface area contributed by atoms with Crippen molar-refractivity contribution in [3.05, 3.63) is 60.3 Å². The number of benzene rings is 2. The quantitative estimate of drug-likeness (QED) is 0.470. The van der Waals surface area contributed by atoms with E-state index in [9.17, 15) is 9.59 Å². The van der Waals surface area contributed by atoms with Crippen molar-refractivity contribution in [2.24, 2.45) is 0 Å². The first-order valence-corrected chi connectivity index (χ1v) is 12.4. The number of amides is 2. The molecule has 37 heavy (non-hydrogen) atoms. The molecule has 192 valence electrons. The molecule has 2 amide bonds. The van der Waals surface area contributed by atoms with Crippen molar-refractivity contribution >= 4 is 40.6 Å². The van der Waals surface area contributed by atoms with Gasteiger partial charge >= 0.3 is 0 Å². The molecular weight excluding hydrogens is 470 g/mol. The Labute approximate surface area is 216 Å². The van der Waals surface area contributed by atoms with E-state index in [4.69, 9.17) is 9.72 Å². The highest BCUT2D eigenvalue weighted by Crippen LogP contribution is 2.34. The van der Waals surface area contributed by atoms with Crippen LogP contribution >= 0.6 is 0 Å². The normalized spacial score (nSPS) is 16.4. The number of nitrogens with one attached hydrogen (secondary N) is 3. The molecule has 5 rings (SSSR count). The summed E-state index contributed by atoms with van der Waals surface area (Å²) in [4.78, 5) is 38.5. The van der Waals surface area contributed by atoms with Crippen LogP contribution in [0.5, 0.6) is 5.75 Å². The van der Waals surface area contributed by atoms with E-state index in [-0.39, 0.29) is 17.9 Å². The largest absolute Gasteiger partial charge is 0.495 e. The molecule has 3 heterocycles. The van der Waals surface area contributed by atoms with E-state index in [0.29, 0.717) is 47.4 Å². The van der Waals surface area contributed by atoms with Crippen LogP contribution in [-0.2, 0) is 4.79 Å². The number of aromatic nitrogens is 2. The number of likely N-dealkylation sites (tertiary alicyclic amines) is 1. The highest BCUT2D eigenvalue weighted by atomic mass is 16.5. The van der Waals surface area contributed by atoms with Crippen LogP contribution < -0.4 is 25.6 Å². The van der Waals surface area contributed by atoms with E-state index in [2.05, 4.69) is 32.9 Å². The maximum Gasteiger partial charge on any atom is 0.251 e. The van der Waals surface area contributed by atoms with Gasteiger partial charge in [0.15, 0.2) is 5.82 Å². The predicted molar refractivity (Wildman–Crippen MR) is 143 cm³/mol. The predicted octanol–water partition coefficient (Wildman–Crippen LogP) is 3.53. The Morgan fingerprint density at radius 3 is 2.65 bits per heavy atom. The lowest BCUT2D eigenvalue weighted by Crippen LogP contribution is -2.43. The average Bonchev–Trinajstić information content (AvgIpc) is 3.08. The number of hydrogen-bond acceptors (Lipinski definition) is 8. The minimum Gasteiger partial charge on any atom is -0.495 e. The number of fused-ring (bicyclic) bond motifs is 1. The number of methoxy groups -OCH3 is 1. The summed E-state index contributed by atoms with van der Waals surface area (Å²) < 4.78 is 5.58. The summed E-state index contributed by atoms with van der Waals surface area (Å²) in [6, 6.07) is 15.2. The van der Waals surface area contributed by atoms with Crippen molar-refractivity contribution in [3.8, 4) is 5.75 Å². The highest BCUT2D eigenvalue weighted by Gasteiger charge is 2.24. The molecule has 0 unspecified atom stereocenters. The maximum atomic E-state index is 12.9. The van der Waals surface area contributed by atoms with Crippen LogP contribution in [0, 0.1) is 0 Å². The third-order valence-corrected chi connectivity index (χ3v) is 6.69. The van der Waals surface area contributed by atoms with Crippen molar-refractivity contribution in [2.45, 2.75) is 25.3 Å². The first-order chi connectivity index (χ1) is 18.0. The maximum absolute atomic E-state index is 12.9. The van der Waals surface area contributed by atoms with Gasteiger partial charge in [0.25, 0.3) is 5.91 Å². The molecule has 3 N–H and O–H groups in total. The summed E-state index contributed by atoms with van der Waals surface area (Å²) in [6.45, 7) is 2.44. The van der Waals surface area contributed by atoms with E-state index in [1.807, 2.05) is 35.2 Å². The van der Waals surface area contributed by atoms with Gasteiger partial charge in [-0.1, -0.05) is 18.2 Å². The molecule has 2 aliphatic rings. The topological polar surface area (TPSA) is 112 Å². The molecule has 0 aliphatic carbocycles. The van der Waals surface area contributed by atoms with E-state index in [0.717, 1.165) is 31.6 Å². The monoisotopic (exact) mass is 501 g/mol. The molecule has 0 bridgehead atoms. The van der Waals surface area contributed by atoms with Crippen molar-refractivity contribution < 1.29 is 14.3 Å². The molecule has 2 aromatic carbocycles. The number of carbonyl (C=O) groups is 2. The second-order valence-corrected chi connectivity index (χ2v) is 9.31. The zero-order chi connectivity index (χ0) is 25.8. The van der Waals surface area contributed by atoms with Crippen LogP contribution in [0.25, 0.3) is 0 Å². The molecule has 3 aromatic rings. The van der Waals surface area contributed by atoms with E-state index in [1.165, 1.54) is 0 Å². The summed E-state index contributed by atoms with van der Waals surface area (Å²) in [5.74, 6) is 1.25. The van der Waals surface area contributed by atoms with Crippen LogP contribution in [-0.4, -0.2) is 66.5 Å². The van der Waals surface area contributed by atoms with Crippen LogP contribution in [0.1, 0.15) is 29.6 Å². The molecule has 0 saturated carbocycles. The Bertz CT molecular complexity index is 1280. The fraction of sp³-hybridized carbons (Fsp3) is 0.333. The van der Waals surface area contributed by atoms with Gasteiger partial charge in [0.2, 0.25) is 11.9 Å². The number of ether oxygens (including phenoxy) is 1. The zero-order valence-corrected chi connectivity index (χ0v) is 21.0. The minimum absolute atomic E-state index is 0.0835. The third-order valence-electron chi connectivity index (χ3n) is 6.69. The van der Waals surface area contributed by atoms with E-state index in [1.54, 1.807) is 31.5 Å². The molecule has 1 fully saturated rings. The van der Waals surface area contributed by atoms with Crippen LogP contribution in [0.3, 0.4) is 0 Å². The second-order valence-electron chi connectivity index (χ2n) is 9.31. The van der Waals surface area contributed by atoms with Gasteiger partial charge in [-0.15, -0.1) is 0 Å². The molecule has 1 aromatic heterocycles. The van der Waals surface area contributed by atoms with Crippen molar-refractivity contribution in [1.29, 1.82) is 0 Å². The number of nitrogens with zero attached hydrogens (tertiary/aromatic N) is 4. The van der Waals surface area contributed by atoms with Crippen LogP contribution in [0.2, 0.25) is 0 Å². The van der Waals surface area contributed by atoms with Gasteiger partial charge in [-0.2, -0.15) is 4.98 Å². The standard InChI is InChI=1S/C27H31N7O3/c1-33-13-10-19(11-14-33)29-26(36)18-8-9-21(23(16-18)37-2)31-27-28-17-22-25(32-27)34(15-12-24(35)30-22)20-6-4-3-5-7-20/h3-9,16-17,19H,10-15H2,1-2H3,(H,29,36)(H,30,35)(H,28,31,32). The Balaban J connectivity index is 1.37. The number of anilines is 5. The number of rotatable bonds is 6. The summed E-state index contributed by atoms with van der Waals surface area (Å²) >= 11 is 0. The molecule has 10 nitrogen and oxygen atoms in total. The van der Waals surface area contributed by atoms with Crippen molar-refractivity contribution in [2.75, 3.05) is 49.3 Å². The minimum atomic E-state index is -0.116. The van der Waals surface area contributed by atoms with Crippen molar-refractivity contribution in [1.82, 2.24) is 20.2 Å². The first kappa shape index (κ1) is 24.5. The molecule has 0 radical (unpaired) electrons. The van der Waals surface area contributed by atoms with E-state index < -0.39 is 0 Å². The Morgan fingerprint density at radius 2 is 1.89 bits per heavy atom. The second kappa shape index (κ2) is 10.8. The Kier molecular flexibility index (Phi) is 7.18. The molecule has 2 aliphatic heterocycles. The highest BCUT2D eigenvalue weighted by molar-refractivity contribution is 5.97. The summed E-state index contributed by atoms with van der Waals surface area (Å²) in [5.41, 5.74) is 2.64. The molecule has 0 spiro atoms. The number of para-hydroxylation sites is 1. The average molecular weight is 502 g/mol. The summed E-state index contributed by atoms with van der Waals surface area (Å²) in [7, 11) is 3.65. The van der Waals surface area contributed by atoms with Crippen molar-refractivity contribution in [3.63, 3.8) is 0 Å². The number of carbonyl (C=O) groups excluding carboxylic acids is 2. The fourth-order valence-corrected chi connectivity index (χ4v) is 4.60. The fourth-order valence-electron chi connectivity index (χ4n) is 4.60. The van der Waals surface area contributed by atoms with Gasteiger partial charge in [-0.3, -0.25) is 9.59 Å². The van der Waals surface area contributed by atoms with Gasteiger partial charge in [0, 0.05) is 30.3 Å². The first-order valence-electron chi connectivity index (χ1n) is 12.4. The SMILES string of the molecule is COc1cc(C(=O)NC2CCN(C)CC2)ccc1Nc1ncc2c(n1)N(c1ccccc1)CCC(=O)N2. The van der Waals surface area contributed by atoms with Gasteiger partial charge < -0.3 is 30.5 Å². The number of hydrogen-bond donors (Lipinski definition) is 3. The van der Waals surface area contributed by atoms with Gasteiger partial charge in [0.1, 0.15) is 11.4 Å². The van der Waals surface area contributed by atoms with E-state index >= 15 is 0 Å². The lowest BCUT2D eigenvalue weighted by Gasteiger charge is -2.29. The molecule has 10 heteroatoms. The Hall–Kier alpha value is -4.18. The summed E-state index contributed by atoms with van der Waals surface area (Å²) in [6.07, 6.45) is 3.81. The molecular formula is C27H31N7O3.